The summed E-state index contributed by atoms with van der Waals surface area (Å²) in [5.74, 6) is -1.10. The molecule has 0 saturated carbocycles. The third kappa shape index (κ3) is 7.99. The number of hydrogen-bond acceptors (Lipinski definition) is 8. The summed E-state index contributed by atoms with van der Waals surface area (Å²) < 4.78 is 11.2. The molecule has 11 heteroatoms. The predicted molar refractivity (Wildman–Crippen MR) is 162 cm³/mol. The van der Waals surface area contributed by atoms with Crippen LogP contribution in [0.15, 0.2) is 12.1 Å². The Morgan fingerprint density at radius 3 is 2.49 bits per heavy atom. The highest BCUT2D eigenvalue weighted by Crippen LogP contribution is 2.44. The fourth-order valence-electron chi connectivity index (χ4n) is 6.86. The molecule has 0 aliphatic carbocycles. The van der Waals surface area contributed by atoms with Crippen LogP contribution in [0.1, 0.15) is 69.9 Å². The summed E-state index contributed by atoms with van der Waals surface area (Å²) >= 11 is 0. The molecule has 43 heavy (non-hydrogen) atoms. The maximum Gasteiger partial charge on any atom is 0.308 e. The van der Waals surface area contributed by atoms with E-state index in [2.05, 4.69) is 25.7 Å². The molecule has 3 atom stereocenters. The maximum atomic E-state index is 13.8. The number of rotatable bonds is 15. The second-order valence-corrected chi connectivity index (χ2v) is 13.4. The van der Waals surface area contributed by atoms with Crippen LogP contribution in [0, 0.1) is 11.3 Å². The lowest BCUT2D eigenvalue weighted by atomic mass is 9.83. The van der Waals surface area contributed by atoms with E-state index in [1.165, 1.54) is 0 Å². The number of carboxylic acids is 1. The fraction of sp³-hybridized carbons (Fsp3) is 0.719. The van der Waals surface area contributed by atoms with Gasteiger partial charge in [0.25, 0.3) is 0 Å². The van der Waals surface area contributed by atoms with Crippen LogP contribution in [0.4, 0.5) is 0 Å². The Morgan fingerprint density at radius 1 is 1.12 bits per heavy atom. The number of hydrogen-bond donors (Lipinski definition) is 2. The summed E-state index contributed by atoms with van der Waals surface area (Å²) in [6.07, 6.45) is 3.68. The van der Waals surface area contributed by atoms with Crippen LogP contribution >= 0.6 is 0 Å². The largest absolute Gasteiger partial charge is 0.481 e. The number of aliphatic hydroxyl groups is 1. The van der Waals surface area contributed by atoms with Crippen molar-refractivity contribution in [1.29, 1.82) is 0 Å². The van der Waals surface area contributed by atoms with Crippen molar-refractivity contribution in [2.45, 2.75) is 71.4 Å². The molecular weight excluding hydrogens is 552 g/mol. The second kappa shape index (κ2) is 14.3. The van der Waals surface area contributed by atoms with Crippen LogP contribution in [0.5, 0.6) is 11.5 Å². The van der Waals surface area contributed by atoms with Gasteiger partial charge in [-0.15, -0.1) is 0 Å². The van der Waals surface area contributed by atoms with Crippen LogP contribution in [-0.4, -0.2) is 120 Å². The Labute approximate surface area is 255 Å². The zero-order valence-electron chi connectivity index (χ0n) is 26.5. The average molecular weight is 603 g/mol. The first-order valence-corrected chi connectivity index (χ1v) is 15.6. The smallest absolute Gasteiger partial charge is 0.308 e. The molecule has 240 valence electrons. The van der Waals surface area contributed by atoms with Crippen molar-refractivity contribution in [3.05, 3.63) is 23.3 Å². The number of aliphatic carboxylic acids is 1. The van der Waals surface area contributed by atoms with Crippen LogP contribution in [-0.2, 0) is 21.0 Å². The molecule has 2 saturated heterocycles. The number of benzene rings is 1. The summed E-state index contributed by atoms with van der Waals surface area (Å²) in [6.45, 7) is 9.80. The van der Waals surface area contributed by atoms with E-state index >= 15 is 0 Å². The van der Waals surface area contributed by atoms with Crippen molar-refractivity contribution in [3.8, 4) is 11.5 Å². The van der Waals surface area contributed by atoms with E-state index in [4.69, 9.17) is 9.47 Å². The topological polar surface area (TPSA) is 123 Å². The van der Waals surface area contributed by atoms with Gasteiger partial charge >= 0.3 is 5.97 Å². The molecule has 2 N–H and O–H groups in total. The van der Waals surface area contributed by atoms with Crippen molar-refractivity contribution in [2.75, 3.05) is 66.7 Å². The maximum absolute atomic E-state index is 13.8. The first kappa shape index (κ1) is 33.0. The summed E-state index contributed by atoms with van der Waals surface area (Å²) in [4.78, 5) is 47.4. The summed E-state index contributed by atoms with van der Waals surface area (Å²) in [5.41, 5.74) is 1.18. The highest BCUT2D eigenvalue weighted by atomic mass is 16.7. The van der Waals surface area contributed by atoms with E-state index in [1.54, 1.807) is 6.07 Å². The molecule has 0 bridgehead atoms. The third-order valence-corrected chi connectivity index (χ3v) is 9.01. The van der Waals surface area contributed by atoms with Crippen molar-refractivity contribution in [2.24, 2.45) is 11.3 Å². The molecule has 4 rings (SSSR count). The number of nitrogens with zero attached hydrogens (tertiary/aromatic N) is 4. The van der Waals surface area contributed by atoms with Gasteiger partial charge in [-0.2, -0.15) is 0 Å². The van der Waals surface area contributed by atoms with Crippen LogP contribution in [0.3, 0.4) is 0 Å². The molecule has 1 aromatic rings. The number of carbonyl (C=O) groups excluding carboxylic acids is 2. The Bertz CT molecular complexity index is 1160. The molecule has 2 fully saturated rings. The van der Waals surface area contributed by atoms with Crippen LogP contribution in [0.2, 0.25) is 0 Å². The lowest BCUT2D eigenvalue weighted by Gasteiger charge is -2.31. The minimum absolute atomic E-state index is 0.00195. The van der Waals surface area contributed by atoms with Gasteiger partial charge in [-0.1, -0.05) is 27.2 Å². The first-order chi connectivity index (χ1) is 20.4. The second-order valence-electron chi connectivity index (χ2n) is 13.4. The molecule has 0 radical (unpaired) electrons. The average Bonchev–Trinajstić information content (AvgIpc) is 3.63. The molecular formula is C32H50N4O7. The monoisotopic (exact) mass is 602 g/mol. The van der Waals surface area contributed by atoms with Gasteiger partial charge in [-0.3, -0.25) is 19.3 Å². The summed E-state index contributed by atoms with van der Waals surface area (Å²) in [6, 6.07) is 3.17. The molecule has 3 heterocycles. The summed E-state index contributed by atoms with van der Waals surface area (Å²) in [5, 5.41) is 20.6. The normalized spacial score (nSPS) is 23.0. The SMILES string of the molecule is CCCCN(CCCN(C)C)C(=O)CN1C[C@H](c2cc(CO)c3c(c2)OCO3)[C@@H](C(=O)O)[C@@H]1CCN1CC(C)(C)CC1=O. The number of amides is 2. The Hall–Kier alpha value is -2.89. The molecule has 1 aromatic carbocycles. The van der Waals surface area contributed by atoms with E-state index < -0.39 is 23.8 Å². The quantitative estimate of drug-likeness (QED) is 0.312. The van der Waals surface area contributed by atoms with Gasteiger partial charge in [0.05, 0.1) is 19.1 Å². The van der Waals surface area contributed by atoms with E-state index in [0.29, 0.717) is 62.6 Å². The summed E-state index contributed by atoms with van der Waals surface area (Å²) in [7, 11) is 4.04. The standard InChI is InChI=1S/C32H50N4O7/c1-6-7-11-34(12-8-10-33(4)5)28(39)18-36-17-24(22-14-23(19-37)30-26(15-22)42-21-43-30)29(31(40)41)25(36)9-13-35-20-32(2,3)16-27(35)38/h14-15,24-25,29,37H,6-13,16-21H2,1-5H3,(H,40,41)/t24-,25+,29-/m1/s1. The Balaban J connectivity index is 1.61. The molecule has 0 spiro atoms. The Kier molecular flexibility index (Phi) is 10.9. The van der Waals surface area contributed by atoms with Crippen molar-refractivity contribution in [3.63, 3.8) is 0 Å². The van der Waals surface area contributed by atoms with Crippen LogP contribution < -0.4 is 9.47 Å². The highest BCUT2D eigenvalue weighted by Gasteiger charge is 2.48. The minimum Gasteiger partial charge on any atom is -0.481 e. The van der Waals surface area contributed by atoms with Crippen molar-refractivity contribution in [1.82, 2.24) is 19.6 Å². The zero-order valence-corrected chi connectivity index (χ0v) is 26.5. The number of fused-ring (bicyclic) bond motifs is 1. The van der Waals surface area contributed by atoms with E-state index in [0.717, 1.165) is 31.4 Å². The fourth-order valence-corrected chi connectivity index (χ4v) is 6.86. The number of carboxylic acid groups (broad SMARTS) is 1. The number of unbranched alkanes of at least 4 members (excludes halogenated alkanes) is 1. The third-order valence-electron chi connectivity index (χ3n) is 9.01. The predicted octanol–water partition coefficient (Wildman–Crippen LogP) is 2.61. The van der Waals surface area contributed by atoms with Gasteiger partial charge in [0.15, 0.2) is 11.5 Å². The number of likely N-dealkylation sites (tertiary alicyclic amines) is 2. The number of aliphatic hydroxyl groups excluding tert-OH is 1. The lowest BCUT2D eigenvalue weighted by molar-refractivity contribution is -0.144. The van der Waals surface area contributed by atoms with Gasteiger partial charge in [0, 0.05) is 56.7 Å². The molecule has 3 aliphatic rings. The van der Waals surface area contributed by atoms with Crippen LogP contribution in [0.25, 0.3) is 0 Å². The number of carbonyl (C=O) groups is 3. The Morgan fingerprint density at radius 2 is 1.86 bits per heavy atom. The van der Waals surface area contributed by atoms with E-state index in [9.17, 15) is 24.6 Å². The van der Waals surface area contributed by atoms with Crippen molar-refractivity contribution < 1.29 is 34.1 Å². The van der Waals surface area contributed by atoms with Gasteiger partial charge in [-0.05, 0) is 63.0 Å². The van der Waals surface area contributed by atoms with Gasteiger partial charge in [0.1, 0.15) is 0 Å². The van der Waals surface area contributed by atoms with Gasteiger partial charge in [-0.25, -0.2) is 0 Å². The molecule has 3 aliphatic heterocycles. The minimum atomic E-state index is -0.935. The molecule has 0 aromatic heterocycles. The van der Waals surface area contributed by atoms with E-state index in [-0.39, 0.29) is 37.2 Å². The lowest BCUT2D eigenvalue weighted by Crippen LogP contribution is -2.46. The number of ether oxygens (including phenoxy) is 2. The zero-order chi connectivity index (χ0) is 31.3. The molecule has 11 nitrogen and oxygen atoms in total. The molecule has 2 amide bonds. The first-order valence-electron chi connectivity index (χ1n) is 15.6. The van der Waals surface area contributed by atoms with Crippen molar-refractivity contribution >= 4 is 17.8 Å². The van der Waals surface area contributed by atoms with Gasteiger partial charge in [0.2, 0.25) is 18.6 Å². The molecule has 0 unspecified atom stereocenters. The van der Waals surface area contributed by atoms with E-state index in [1.807, 2.05) is 34.9 Å². The van der Waals surface area contributed by atoms with Gasteiger partial charge < -0.3 is 34.4 Å². The highest BCUT2D eigenvalue weighted by molar-refractivity contribution is 5.80.